The van der Waals surface area contributed by atoms with Crippen molar-refractivity contribution in [3.63, 3.8) is 0 Å². The number of Topliss-reactive ketones (excluding diaryl/α,β-unsaturated/α-hetero) is 1. The van der Waals surface area contributed by atoms with Crippen molar-refractivity contribution in [2.75, 3.05) is 0 Å². The average molecular weight is 217 g/mol. The van der Waals surface area contributed by atoms with Crippen LogP contribution in [0.2, 0.25) is 0 Å². The van der Waals surface area contributed by atoms with Crippen molar-refractivity contribution in [1.29, 1.82) is 0 Å². The molecule has 0 saturated heterocycles. The number of rotatable bonds is 0. The molecule has 1 saturated carbocycles. The highest BCUT2D eigenvalue weighted by Crippen LogP contribution is 2.40. The molecule has 86 valence electrons. The lowest BCUT2D eigenvalue weighted by atomic mass is 9.78. The predicted molar refractivity (Wildman–Crippen MR) is 63.8 cm³/mol. The number of hydrogen-bond acceptors (Lipinski definition) is 2. The van der Waals surface area contributed by atoms with E-state index in [9.17, 15) is 4.79 Å². The fraction of sp³-hybridized carbons (Fsp3) is 0.643. The van der Waals surface area contributed by atoms with Crippen molar-refractivity contribution in [3.8, 4) is 0 Å². The van der Waals surface area contributed by atoms with E-state index in [2.05, 4.69) is 24.4 Å². The predicted octanol–water partition coefficient (Wildman–Crippen LogP) is 2.57. The van der Waals surface area contributed by atoms with Gasteiger partial charge >= 0.3 is 0 Å². The van der Waals surface area contributed by atoms with Crippen LogP contribution in [0.4, 0.5) is 0 Å². The third-order valence-electron chi connectivity index (χ3n) is 4.20. The maximum atomic E-state index is 12.2. The largest absolute Gasteiger partial charge is 0.376 e. The molecule has 2 aliphatic carbocycles. The van der Waals surface area contributed by atoms with Gasteiger partial charge in [-0.05, 0) is 43.6 Å². The molecule has 3 rings (SSSR count). The monoisotopic (exact) mass is 217 g/mol. The van der Waals surface area contributed by atoms with E-state index >= 15 is 0 Å². The van der Waals surface area contributed by atoms with Crippen LogP contribution < -0.4 is 5.32 Å². The number of hydrogen-bond donors (Lipinski definition) is 1. The molecule has 0 amide bonds. The van der Waals surface area contributed by atoms with Gasteiger partial charge in [0.15, 0.2) is 5.78 Å². The number of dihydropyridines is 1. The second kappa shape index (κ2) is 3.76. The second-order valence-corrected chi connectivity index (χ2v) is 5.48. The topological polar surface area (TPSA) is 29.1 Å². The van der Waals surface area contributed by atoms with Gasteiger partial charge in [-0.25, -0.2) is 0 Å². The Bertz CT molecular complexity index is 380. The minimum Gasteiger partial charge on any atom is -0.376 e. The average Bonchev–Trinajstić information content (AvgIpc) is 2.36. The van der Waals surface area contributed by atoms with Gasteiger partial charge in [0, 0.05) is 12.5 Å². The first-order valence-corrected chi connectivity index (χ1v) is 6.46. The molecule has 16 heavy (non-hydrogen) atoms. The number of carbonyl (C=O) groups is 1. The van der Waals surface area contributed by atoms with Crippen molar-refractivity contribution < 1.29 is 4.79 Å². The maximum Gasteiger partial charge on any atom is 0.179 e. The van der Waals surface area contributed by atoms with Crippen LogP contribution >= 0.6 is 0 Å². The van der Waals surface area contributed by atoms with Crippen molar-refractivity contribution >= 4 is 5.78 Å². The lowest BCUT2D eigenvalue weighted by Gasteiger charge is -2.28. The van der Waals surface area contributed by atoms with Crippen LogP contribution in [0.15, 0.2) is 23.4 Å². The molecular formula is C14H19NO. The normalized spacial score (nSPS) is 37.8. The third kappa shape index (κ3) is 1.60. The molecule has 0 aromatic rings. The van der Waals surface area contributed by atoms with E-state index in [-0.39, 0.29) is 0 Å². The summed E-state index contributed by atoms with van der Waals surface area (Å²) in [5, 5.41) is 3.36. The molecule has 0 aromatic heterocycles. The van der Waals surface area contributed by atoms with Crippen LogP contribution in [0.5, 0.6) is 0 Å². The lowest BCUT2D eigenvalue weighted by Crippen LogP contribution is -2.32. The Labute approximate surface area is 96.8 Å². The molecular weight excluding hydrogens is 198 g/mol. The van der Waals surface area contributed by atoms with E-state index in [1.54, 1.807) is 0 Å². The van der Waals surface area contributed by atoms with Gasteiger partial charge in [-0.1, -0.05) is 18.6 Å². The first kappa shape index (κ1) is 10.1. The van der Waals surface area contributed by atoms with Crippen LogP contribution in [0.3, 0.4) is 0 Å². The molecule has 0 radical (unpaired) electrons. The standard InChI is InChI=1S/C14H19NO/c1-9-5-6-12-11-4-2-3-10(7-11)8-13(16)14(12)15-9/h5-6,9-11,15H,2-4,7-8H2,1H3. The van der Waals surface area contributed by atoms with Crippen LogP contribution in [0.25, 0.3) is 0 Å². The Morgan fingerprint density at radius 2 is 2.25 bits per heavy atom. The van der Waals surface area contributed by atoms with E-state index < -0.39 is 0 Å². The van der Waals surface area contributed by atoms with Crippen LogP contribution in [-0.2, 0) is 4.79 Å². The molecule has 0 spiro atoms. The molecule has 0 aromatic carbocycles. The summed E-state index contributed by atoms with van der Waals surface area (Å²) < 4.78 is 0. The zero-order valence-corrected chi connectivity index (χ0v) is 9.83. The Kier molecular flexibility index (Phi) is 2.38. The van der Waals surface area contributed by atoms with Crippen molar-refractivity contribution in [3.05, 3.63) is 23.4 Å². The van der Waals surface area contributed by atoms with Crippen LogP contribution in [-0.4, -0.2) is 11.8 Å². The summed E-state index contributed by atoms with van der Waals surface area (Å²) in [6, 6.07) is 0.306. The van der Waals surface area contributed by atoms with Gasteiger partial charge in [0.25, 0.3) is 0 Å². The van der Waals surface area contributed by atoms with Gasteiger partial charge in [-0.3, -0.25) is 4.79 Å². The minimum atomic E-state index is 0.306. The molecule has 3 atom stereocenters. The molecule has 1 N–H and O–H groups in total. The highest BCUT2D eigenvalue weighted by Gasteiger charge is 2.34. The van der Waals surface area contributed by atoms with Crippen molar-refractivity contribution in [1.82, 2.24) is 5.32 Å². The molecule has 1 fully saturated rings. The van der Waals surface area contributed by atoms with E-state index in [1.165, 1.54) is 31.3 Å². The molecule has 2 nitrogen and oxygen atoms in total. The van der Waals surface area contributed by atoms with E-state index in [1.807, 2.05) is 0 Å². The summed E-state index contributed by atoms with van der Waals surface area (Å²) in [4.78, 5) is 12.2. The zero-order valence-electron chi connectivity index (χ0n) is 9.83. The summed E-state index contributed by atoms with van der Waals surface area (Å²) in [5.74, 6) is 1.62. The quantitative estimate of drug-likeness (QED) is 0.675. The first-order valence-electron chi connectivity index (χ1n) is 6.46. The molecule has 1 heterocycles. The summed E-state index contributed by atoms with van der Waals surface area (Å²) in [6.45, 7) is 2.10. The summed E-state index contributed by atoms with van der Waals surface area (Å²) in [7, 11) is 0. The summed E-state index contributed by atoms with van der Waals surface area (Å²) in [6.07, 6.45) is 10.2. The summed E-state index contributed by atoms with van der Waals surface area (Å²) >= 11 is 0. The minimum absolute atomic E-state index is 0.306. The lowest BCUT2D eigenvalue weighted by molar-refractivity contribution is -0.116. The smallest absolute Gasteiger partial charge is 0.179 e. The number of allylic oxidation sites excluding steroid dienone is 3. The fourth-order valence-electron chi connectivity index (χ4n) is 3.40. The molecule has 2 bridgehead atoms. The Morgan fingerprint density at radius 3 is 3.12 bits per heavy atom. The number of ketones is 1. The molecule has 3 unspecified atom stereocenters. The number of carbonyl (C=O) groups excluding carboxylic acids is 1. The van der Waals surface area contributed by atoms with Crippen molar-refractivity contribution in [2.45, 2.75) is 45.1 Å². The van der Waals surface area contributed by atoms with Gasteiger partial charge in [0.05, 0.1) is 5.70 Å². The molecule has 1 aliphatic heterocycles. The van der Waals surface area contributed by atoms with E-state index in [0.717, 1.165) is 12.1 Å². The second-order valence-electron chi connectivity index (χ2n) is 5.48. The Morgan fingerprint density at radius 1 is 1.38 bits per heavy atom. The van der Waals surface area contributed by atoms with Crippen molar-refractivity contribution in [2.24, 2.45) is 11.8 Å². The fourth-order valence-corrected chi connectivity index (χ4v) is 3.40. The molecule has 3 aliphatic rings. The highest BCUT2D eigenvalue weighted by atomic mass is 16.1. The van der Waals surface area contributed by atoms with Gasteiger partial charge in [-0.15, -0.1) is 0 Å². The van der Waals surface area contributed by atoms with E-state index in [0.29, 0.717) is 23.7 Å². The van der Waals surface area contributed by atoms with Crippen LogP contribution in [0, 0.1) is 11.8 Å². The van der Waals surface area contributed by atoms with Crippen LogP contribution in [0.1, 0.15) is 39.0 Å². The molecule has 2 heteroatoms. The number of fused-ring (bicyclic) bond motifs is 3. The van der Waals surface area contributed by atoms with Gasteiger partial charge in [0.2, 0.25) is 0 Å². The Hall–Kier alpha value is -1.05. The number of nitrogens with one attached hydrogen (secondary N) is 1. The SMILES string of the molecule is CC1C=CC2=C(N1)C(=O)CC1CCCC2C1. The summed E-state index contributed by atoms with van der Waals surface area (Å²) in [5.41, 5.74) is 2.23. The van der Waals surface area contributed by atoms with Gasteiger partial charge in [-0.2, -0.15) is 0 Å². The van der Waals surface area contributed by atoms with Gasteiger partial charge in [0.1, 0.15) is 0 Å². The van der Waals surface area contributed by atoms with E-state index in [4.69, 9.17) is 0 Å². The van der Waals surface area contributed by atoms with Gasteiger partial charge < -0.3 is 5.32 Å². The Balaban J connectivity index is 1.99. The maximum absolute atomic E-state index is 12.2. The first-order chi connectivity index (χ1) is 7.74. The third-order valence-corrected chi connectivity index (χ3v) is 4.20. The zero-order chi connectivity index (χ0) is 11.1. The highest BCUT2D eigenvalue weighted by molar-refractivity contribution is 5.97.